The summed E-state index contributed by atoms with van der Waals surface area (Å²) >= 11 is 1.76. The molecule has 1 aliphatic rings. The lowest BCUT2D eigenvalue weighted by Gasteiger charge is -2.35. The van der Waals surface area contributed by atoms with Crippen LogP contribution in [0, 0.1) is 0 Å². The van der Waals surface area contributed by atoms with Gasteiger partial charge in [0.15, 0.2) is 0 Å². The van der Waals surface area contributed by atoms with Crippen molar-refractivity contribution in [3.8, 4) is 0 Å². The van der Waals surface area contributed by atoms with Crippen LogP contribution in [0.15, 0.2) is 72.1 Å². The van der Waals surface area contributed by atoms with E-state index < -0.39 is 0 Å². The molecule has 0 aliphatic carbocycles. The Morgan fingerprint density at radius 2 is 1.63 bits per heavy atom. The highest BCUT2D eigenvalue weighted by molar-refractivity contribution is 7.09. The SMILES string of the molecule is c1ccc(CN2CCN(c3nc(NCc4cccs4)c4ccccc4n3)CC2)cc1. The second kappa shape index (κ2) is 8.81. The molecule has 0 atom stereocenters. The molecule has 0 bridgehead atoms. The highest BCUT2D eigenvalue weighted by Gasteiger charge is 2.20. The lowest BCUT2D eigenvalue weighted by molar-refractivity contribution is 0.249. The van der Waals surface area contributed by atoms with Gasteiger partial charge in [0.25, 0.3) is 0 Å². The summed E-state index contributed by atoms with van der Waals surface area (Å²) in [6.07, 6.45) is 0. The van der Waals surface area contributed by atoms with Crippen LogP contribution in [-0.4, -0.2) is 41.0 Å². The van der Waals surface area contributed by atoms with E-state index in [4.69, 9.17) is 9.97 Å². The Bertz CT molecular complexity index is 1090. The van der Waals surface area contributed by atoms with Crippen LogP contribution in [0.5, 0.6) is 0 Å². The molecule has 30 heavy (non-hydrogen) atoms. The molecule has 4 aromatic rings. The lowest BCUT2D eigenvalue weighted by Crippen LogP contribution is -2.46. The first-order valence-corrected chi connectivity index (χ1v) is 11.3. The third kappa shape index (κ3) is 4.30. The van der Waals surface area contributed by atoms with Crippen molar-refractivity contribution in [2.75, 3.05) is 36.4 Å². The number of hydrogen-bond acceptors (Lipinski definition) is 6. The summed E-state index contributed by atoms with van der Waals surface area (Å²) in [6, 6.07) is 23.2. The Morgan fingerprint density at radius 1 is 0.833 bits per heavy atom. The van der Waals surface area contributed by atoms with Crippen molar-refractivity contribution in [3.05, 3.63) is 82.6 Å². The van der Waals surface area contributed by atoms with Crippen molar-refractivity contribution >= 4 is 34.0 Å². The van der Waals surface area contributed by atoms with E-state index in [-0.39, 0.29) is 0 Å². The number of para-hydroxylation sites is 1. The van der Waals surface area contributed by atoms with E-state index in [9.17, 15) is 0 Å². The zero-order chi connectivity index (χ0) is 20.2. The summed E-state index contributed by atoms with van der Waals surface area (Å²) in [5.74, 6) is 1.73. The Labute approximate surface area is 181 Å². The molecule has 2 aromatic heterocycles. The standard InChI is InChI=1S/C24H25N5S/c1-2-7-19(8-3-1)18-28-12-14-29(15-13-28)24-26-22-11-5-4-10-21(22)23(27-24)25-17-20-9-6-16-30-20/h1-11,16H,12-15,17-18H2,(H,25,26,27). The molecule has 6 heteroatoms. The van der Waals surface area contributed by atoms with Gasteiger partial charge in [-0.05, 0) is 29.1 Å². The molecule has 0 saturated carbocycles. The zero-order valence-electron chi connectivity index (χ0n) is 16.9. The molecule has 152 valence electrons. The van der Waals surface area contributed by atoms with Gasteiger partial charge in [0.05, 0.1) is 12.1 Å². The third-order valence-electron chi connectivity index (χ3n) is 5.51. The minimum atomic E-state index is 0.781. The third-order valence-corrected chi connectivity index (χ3v) is 6.38. The molecule has 5 nitrogen and oxygen atoms in total. The summed E-state index contributed by atoms with van der Waals surface area (Å²) < 4.78 is 0. The Hall–Kier alpha value is -2.96. The van der Waals surface area contributed by atoms with Gasteiger partial charge in [-0.3, -0.25) is 4.90 Å². The number of nitrogens with zero attached hydrogens (tertiary/aromatic N) is 4. The van der Waals surface area contributed by atoms with E-state index in [0.29, 0.717) is 0 Å². The van der Waals surface area contributed by atoms with Crippen molar-refractivity contribution < 1.29 is 0 Å². The fourth-order valence-corrected chi connectivity index (χ4v) is 4.52. The molecule has 3 heterocycles. The minimum Gasteiger partial charge on any atom is -0.364 e. The fraction of sp³-hybridized carbons (Fsp3) is 0.250. The monoisotopic (exact) mass is 415 g/mol. The summed E-state index contributed by atoms with van der Waals surface area (Å²) in [4.78, 5) is 15.9. The van der Waals surface area contributed by atoms with Gasteiger partial charge in [-0.1, -0.05) is 48.5 Å². The predicted molar refractivity (Wildman–Crippen MR) is 125 cm³/mol. The van der Waals surface area contributed by atoms with Crippen LogP contribution >= 0.6 is 11.3 Å². The number of fused-ring (bicyclic) bond motifs is 1. The van der Waals surface area contributed by atoms with Crippen LogP contribution in [0.1, 0.15) is 10.4 Å². The number of piperazine rings is 1. The number of benzene rings is 2. The van der Waals surface area contributed by atoms with Crippen molar-refractivity contribution in [1.29, 1.82) is 0 Å². The van der Waals surface area contributed by atoms with Gasteiger partial charge in [0.2, 0.25) is 5.95 Å². The number of nitrogens with one attached hydrogen (secondary N) is 1. The first-order chi connectivity index (χ1) is 14.8. The van der Waals surface area contributed by atoms with Crippen LogP contribution < -0.4 is 10.2 Å². The van der Waals surface area contributed by atoms with E-state index in [2.05, 4.69) is 75.1 Å². The highest BCUT2D eigenvalue weighted by Crippen LogP contribution is 2.25. The van der Waals surface area contributed by atoms with Gasteiger partial charge in [0, 0.05) is 43.0 Å². The molecule has 0 spiro atoms. The largest absolute Gasteiger partial charge is 0.364 e. The topological polar surface area (TPSA) is 44.3 Å². The quantitative estimate of drug-likeness (QED) is 0.498. The maximum atomic E-state index is 4.92. The average molecular weight is 416 g/mol. The first kappa shape index (κ1) is 19.0. The maximum absolute atomic E-state index is 4.92. The normalized spacial score (nSPS) is 14.9. The predicted octanol–water partition coefficient (Wildman–Crippen LogP) is 4.63. The molecule has 1 saturated heterocycles. The van der Waals surface area contributed by atoms with Crippen LogP contribution in [0.4, 0.5) is 11.8 Å². The second-order valence-corrected chi connectivity index (χ2v) is 8.60. The minimum absolute atomic E-state index is 0.781. The van der Waals surface area contributed by atoms with Crippen LogP contribution in [0.3, 0.4) is 0 Å². The number of anilines is 2. The number of rotatable bonds is 6. The maximum Gasteiger partial charge on any atom is 0.227 e. The highest BCUT2D eigenvalue weighted by atomic mass is 32.1. The number of hydrogen-bond donors (Lipinski definition) is 1. The van der Waals surface area contributed by atoms with Crippen LogP contribution in [0.2, 0.25) is 0 Å². The van der Waals surface area contributed by atoms with E-state index in [1.54, 1.807) is 11.3 Å². The molecular weight excluding hydrogens is 390 g/mol. The molecule has 0 amide bonds. The summed E-state index contributed by atoms with van der Waals surface area (Å²) in [5.41, 5.74) is 2.36. The summed E-state index contributed by atoms with van der Waals surface area (Å²) in [5, 5.41) is 6.71. The summed E-state index contributed by atoms with van der Waals surface area (Å²) in [6.45, 7) is 5.70. The van der Waals surface area contributed by atoms with E-state index in [1.807, 2.05) is 12.1 Å². The Morgan fingerprint density at radius 3 is 2.43 bits per heavy atom. The number of thiophene rings is 1. The van der Waals surface area contributed by atoms with Gasteiger partial charge in [-0.25, -0.2) is 4.98 Å². The van der Waals surface area contributed by atoms with Crippen molar-refractivity contribution in [3.63, 3.8) is 0 Å². The van der Waals surface area contributed by atoms with E-state index in [0.717, 1.165) is 61.9 Å². The molecule has 1 aliphatic heterocycles. The van der Waals surface area contributed by atoms with Gasteiger partial charge in [0.1, 0.15) is 5.82 Å². The fourth-order valence-electron chi connectivity index (χ4n) is 3.87. The van der Waals surface area contributed by atoms with Gasteiger partial charge >= 0.3 is 0 Å². The molecule has 2 aromatic carbocycles. The smallest absolute Gasteiger partial charge is 0.227 e. The van der Waals surface area contributed by atoms with Crippen LogP contribution in [0.25, 0.3) is 10.9 Å². The summed E-state index contributed by atoms with van der Waals surface area (Å²) in [7, 11) is 0. The zero-order valence-corrected chi connectivity index (χ0v) is 17.7. The van der Waals surface area contributed by atoms with E-state index >= 15 is 0 Å². The van der Waals surface area contributed by atoms with Crippen molar-refractivity contribution in [2.45, 2.75) is 13.1 Å². The van der Waals surface area contributed by atoms with E-state index in [1.165, 1.54) is 10.4 Å². The van der Waals surface area contributed by atoms with Crippen LogP contribution in [-0.2, 0) is 13.1 Å². The average Bonchev–Trinajstić information content (AvgIpc) is 3.32. The molecule has 1 fully saturated rings. The molecular formula is C24H25N5S. The van der Waals surface area contributed by atoms with Crippen molar-refractivity contribution in [1.82, 2.24) is 14.9 Å². The van der Waals surface area contributed by atoms with Gasteiger partial charge in [-0.2, -0.15) is 4.98 Å². The Balaban J connectivity index is 1.32. The Kier molecular flexibility index (Phi) is 5.59. The van der Waals surface area contributed by atoms with Crippen molar-refractivity contribution in [2.24, 2.45) is 0 Å². The molecule has 5 rings (SSSR count). The second-order valence-electron chi connectivity index (χ2n) is 7.57. The molecule has 1 N–H and O–H groups in total. The van der Waals surface area contributed by atoms with Gasteiger partial charge in [-0.15, -0.1) is 11.3 Å². The molecule has 0 radical (unpaired) electrons. The number of aromatic nitrogens is 2. The molecule has 0 unspecified atom stereocenters. The van der Waals surface area contributed by atoms with Gasteiger partial charge < -0.3 is 10.2 Å². The first-order valence-electron chi connectivity index (χ1n) is 10.4. The lowest BCUT2D eigenvalue weighted by atomic mass is 10.2.